The van der Waals surface area contributed by atoms with E-state index in [1.54, 1.807) is 18.5 Å². The molecule has 0 atom stereocenters. The van der Waals surface area contributed by atoms with Gasteiger partial charge in [-0.25, -0.2) is 4.98 Å². The predicted molar refractivity (Wildman–Crippen MR) is 91.3 cm³/mol. The maximum Gasteiger partial charge on any atom is 0.144 e. The van der Waals surface area contributed by atoms with E-state index < -0.39 is 0 Å². The minimum Gasteiger partial charge on any atom is -0.300 e. The van der Waals surface area contributed by atoms with E-state index in [0.29, 0.717) is 5.56 Å². The molecule has 5 heteroatoms. The second-order valence-electron chi connectivity index (χ2n) is 5.33. The second kappa shape index (κ2) is 5.86. The van der Waals surface area contributed by atoms with E-state index in [1.165, 1.54) is 0 Å². The predicted octanol–water partition coefficient (Wildman–Crippen LogP) is 3.80. The molecule has 2 heterocycles. The van der Waals surface area contributed by atoms with Crippen LogP contribution >= 0.6 is 0 Å². The Bertz CT molecular complexity index is 1000. The SMILES string of the molecule is N#Cc1cccc(-c2nccn2-c2ccc(-c3ccn[nH]3)cc2)c1. The molecule has 0 aliphatic heterocycles. The van der Waals surface area contributed by atoms with Crippen LogP contribution in [0.25, 0.3) is 28.3 Å². The summed E-state index contributed by atoms with van der Waals surface area (Å²) in [5, 5.41) is 16.0. The van der Waals surface area contributed by atoms with Gasteiger partial charge >= 0.3 is 0 Å². The molecule has 0 aliphatic carbocycles. The van der Waals surface area contributed by atoms with Crippen molar-refractivity contribution in [2.24, 2.45) is 0 Å². The van der Waals surface area contributed by atoms with Gasteiger partial charge in [-0.1, -0.05) is 24.3 Å². The highest BCUT2D eigenvalue weighted by molar-refractivity contribution is 5.63. The molecule has 0 radical (unpaired) electrons. The number of nitrogens with one attached hydrogen (secondary N) is 1. The normalized spacial score (nSPS) is 10.5. The summed E-state index contributed by atoms with van der Waals surface area (Å²) in [4.78, 5) is 4.45. The maximum absolute atomic E-state index is 9.08. The van der Waals surface area contributed by atoms with Gasteiger partial charge < -0.3 is 0 Å². The lowest BCUT2D eigenvalue weighted by Crippen LogP contribution is -1.96. The van der Waals surface area contributed by atoms with Gasteiger partial charge in [0.15, 0.2) is 0 Å². The molecule has 0 fully saturated rings. The van der Waals surface area contributed by atoms with Gasteiger partial charge in [0.05, 0.1) is 17.3 Å². The summed E-state index contributed by atoms with van der Waals surface area (Å²) in [5.41, 5.74) is 4.60. The molecular weight excluding hydrogens is 298 g/mol. The first kappa shape index (κ1) is 14.0. The van der Waals surface area contributed by atoms with Gasteiger partial charge in [-0.15, -0.1) is 0 Å². The zero-order valence-electron chi connectivity index (χ0n) is 12.7. The van der Waals surface area contributed by atoms with Crippen LogP contribution in [0, 0.1) is 11.3 Å². The van der Waals surface area contributed by atoms with Crippen molar-refractivity contribution in [2.45, 2.75) is 0 Å². The van der Waals surface area contributed by atoms with Gasteiger partial charge in [-0.2, -0.15) is 10.4 Å². The zero-order valence-corrected chi connectivity index (χ0v) is 12.7. The lowest BCUT2D eigenvalue weighted by atomic mass is 10.1. The number of aromatic amines is 1. The standard InChI is InChI=1S/C19H13N5/c20-13-14-2-1-3-16(12-14)19-21-10-11-24(19)17-6-4-15(5-7-17)18-8-9-22-23-18/h1-12H,(H,22,23). The van der Waals surface area contributed by atoms with Crippen LogP contribution in [0.15, 0.2) is 73.2 Å². The highest BCUT2D eigenvalue weighted by Gasteiger charge is 2.09. The zero-order chi connectivity index (χ0) is 16.4. The summed E-state index contributed by atoms with van der Waals surface area (Å²) in [6.45, 7) is 0. The number of imidazole rings is 1. The fourth-order valence-electron chi connectivity index (χ4n) is 2.67. The molecule has 4 rings (SSSR count). The van der Waals surface area contributed by atoms with E-state index >= 15 is 0 Å². The third-order valence-electron chi connectivity index (χ3n) is 3.85. The van der Waals surface area contributed by atoms with E-state index in [4.69, 9.17) is 5.26 Å². The van der Waals surface area contributed by atoms with Crippen LogP contribution in [-0.4, -0.2) is 19.7 Å². The van der Waals surface area contributed by atoms with E-state index in [9.17, 15) is 0 Å². The van der Waals surface area contributed by atoms with Crippen LogP contribution in [0.2, 0.25) is 0 Å². The number of hydrogen-bond donors (Lipinski definition) is 1. The molecule has 5 nitrogen and oxygen atoms in total. The first-order valence-electron chi connectivity index (χ1n) is 7.49. The molecular formula is C19H13N5. The summed E-state index contributed by atoms with van der Waals surface area (Å²) in [6, 6.07) is 19.7. The number of benzene rings is 2. The van der Waals surface area contributed by atoms with Gasteiger partial charge in [-0.3, -0.25) is 9.67 Å². The molecule has 0 bridgehead atoms. The van der Waals surface area contributed by atoms with Crippen LogP contribution in [-0.2, 0) is 0 Å². The van der Waals surface area contributed by atoms with Crippen molar-refractivity contribution < 1.29 is 0 Å². The van der Waals surface area contributed by atoms with Crippen molar-refractivity contribution in [3.05, 3.63) is 78.8 Å². The van der Waals surface area contributed by atoms with Gasteiger partial charge in [0, 0.05) is 29.8 Å². The molecule has 2 aromatic heterocycles. The Morgan fingerprint density at radius 2 is 1.83 bits per heavy atom. The van der Waals surface area contributed by atoms with Crippen molar-refractivity contribution in [1.82, 2.24) is 19.7 Å². The third-order valence-corrected chi connectivity index (χ3v) is 3.85. The fourth-order valence-corrected chi connectivity index (χ4v) is 2.67. The van der Waals surface area contributed by atoms with E-state index in [2.05, 4.69) is 21.3 Å². The third kappa shape index (κ3) is 2.46. The molecule has 1 N–H and O–H groups in total. The Labute approximate surface area is 138 Å². The van der Waals surface area contributed by atoms with Crippen LogP contribution < -0.4 is 0 Å². The lowest BCUT2D eigenvalue weighted by molar-refractivity contribution is 1.07. The van der Waals surface area contributed by atoms with Gasteiger partial charge in [0.1, 0.15) is 5.82 Å². The Morgan fingerprint density at radius 1 is 0.958 bits per heavy atom. The number of H-pyrrole nitrogens is 1. The number of nitrogens with zero attached hydrogens (tertiary/aromatic N) is 4. The average molecular weight is 311 g/mol. The first-order chi connectivity index (χ1) is 11.8. The van der Waals surface area contributed by atoms with Gasteiger partial charge in [-0.05, 0) is 35.9 Å². The lowest BCUT2D eigenvalue weighted by Gasteiger charge is -2.09. The van der Waals surface area contributed by atoms with Gasteiger partial charge in [0.2, 0.25) is 0 Å². The highest BCUT2D eigenvalue weighted by atomic mass is 15.1. The molecule has 0 spiro atoms. The van der Waals surface area contributed by atoms with E-state index in [0.717, 1.165) is 28.3 Å². The molecule has 0 saturated carbocycles. The maximum atomic E-state index is 9.08. The van der Waals surface area contributed by atoms with E-state index in [-0.39, 0.29) is 0 Å². The number of nitriles is 1. The van der Waals surface area contributed by atoms with Crippen LogP contribution in [0.3, 0.4) is 0 Å². The Kier molecular flexibility index (Phi) is 3.41. The molecule has 2 aromatic carbocycles. The van der Waals surface area contributed by atoms with Gasteiger partial charge in [0.25, 0.3) is 0 Å². The summed E-state index contributed by atoms with van der Waals surface area (Å²) in [6.07, 6.45) is 5.41. The quantitative estimate of drug-likeness (QED) is 0.625. The van der Waals surface area contributed by atoms with E-state index in [1.807, 2.05) is 59.3 Å². The number of aromatic nitrogens is 4. The number of hydrogen-bond acceptors (Lipinski definition) is 3. The molecule has 114 valence electrons. The summed E-state index contributed by atoms with van der Waals surface area (Å²) >= 11 is 0. The minimum absolute atomic E-state index is 0.622. The molecule has 0 unspecified atom stereocenters. The fraction of sp³-hybridized carbons (Fsp3) is 0. The van der Waals surface area contributed by atoms with Crippen molar-refractivity contribution in [3.8, 4) is 34.4 Å². The summed E-state index contributed by atoms with van der Waals surface area (Å²) < 4.78 is 2.01. The van der Waals surface area contributed by atoms with Crippen molar-refractivity contribution in [3.63, 3.8) is 0 Å². The molecule has 0 saturated heterocycles. The monoisotopic (exact) mass is 311 g/mol. The highest BCUT2D eigenvalue weighted by Crippen LogP contribution is 2.24. The summed E-state index contributed by atoms with van der Waals surface area (Å²) in [7, 11) is 0. The minimum atomic E-state index is 0.622. The van der Waals surface area contributed by atoms with Crippen molar-refractivity contribution >= 4 is 0 Å². The molecule has 0 amide bonds. The smallest absolute Gasteiger partial charge is 0.144 e. The Morgan fingerprint density at radius 3 is 2.58 bits per heavy atom. The van der Waals surface area contributed by atoms with Crippen LogP contribution in [0.5, 0.6) is 0 Å². The topological polar surface area (TPSA) is 70.3 Å². The van der Waals surface area contributed by atoms with Crippen LogP contribution in [0.4, 0.5) is 0 Å². The Balaban J connectivity index is 1.73. The summed E-state index contributed by atoms with van der Waals surface area (Å²) in [5.74, 6) is 0.807. The molecule has 24 heavy (non-hydrogen) atoms. The Hall–Kier alpha value is -3.65. The average Bonchev–Trinajstić information content (AvgIpc) is 3.33. The van der Waals surface area contributed by atoms with Crippen molar-refractivity contribution in [2.75, 3.05) is 0 Å². The second-order valence-corrected chi connectivity index (χ2v) is 5.33. The first-order valence-corrected chi connectivity index (χ1v) is 7.49. The van der Waals surface area contributed by atoms with Crippen LogP contribution in [0.1, 0.15) is 5.56 Å². The molecule has 4 aromatic rings. The molecule has 0 aliphatic rings. The number of rotatable bonds is 3. The van der Waals surface area contributed by atoms with Crippen molar-refractivity contribution in [1.29, 1.82) is 5.26 Å². The largest absolute Gasteiger partial charge is 0.300 e.